The molecule has 2 aromatic heterocycles. The summed E-state index contributed by atoms with van der Waals surface area (Å²) in [5, 5.41) is 1.88. The fourth-order valence-electron chi connectivity index (χ4n) is 4.06. The van der Waals surface area contributed by atoms with E-state index in [1.165, 1.54) is 9.47 Å². The van der Waals surface area contributed by atoms with Gasteiger partial charge in [0.15, 0.2) is 18.0 Å². The highest BCUT2D eigenvalue weighted by Crippen LogP contribution is 2.29. The maximum Gasteiger partial charge on any atom is 0.330 e. The number of carbonyl (C=O) groups excluding carboxylic acids is 1. The summed E-state index contributed by atoms with van der Waals surface area (Å²) in [6, 6.07) is 3.55. The van der Waals surface area contributed by atoms with Crippen LogP contribution in [-0.4, -0.2) is 28.0 Å². The highest BCUT2D eigenvalue weighted by atomic mass is 16.3. The number of anilines is 2. The molecular weight excluding hydrogens is 386 g/mol. The quantitative estimate of drug-likeness (QED) is 0.561. The lowest BCUT2D eigenvalue weighted by molar-refractivity contribution is -0.684. The highest BCUT2D eigenvalue weighted by molar-refractivity contribution is 5.96. The van der Waals surface area contributed by atoms with Gasteiger partial charge in [-0.3, -0.25) is 24.0 Å². The number of nitrogen functional groups attached to an aromatic ring is 1. The molecular formula is C21H32N5O4+. The fraction of sp³-hybridized carbons (Fsp3) is 0.571. The van der Waals surface area contributed by atoms with Crippen molar-refractivity contribution in [1.82, 2.24) is 9.55 Å². The predicted molar refractivity (Wildman–Crippen MR) is 114 cm³/mol. The maximum atomic E-state index is 13.3. The molecule has 0 aliphatic heterocycles. The van der Waals surface area contributed by atoms with Crippen molar-refractivity contribution in [2.24, 2.45) is 0 Å². The van der Waals surface area contributed by atoms with E-state index in [9.17, 15) is 14.4 Å². The molecule has 1 aliphatic carbocycles. The lowest BCUT2D eigenvalue weighted by atomic mass is 10.1. The van der Waals surface area contributed by atoms with Crippen molar-refractivity contribution in [2.75, 3.05) is 17.2 Å². The Morgan fingerprint density at radius 1 is 1.40 bits per heavy atom. The first-order valence-corrected chi connectivity index (χ1v) is 10.7. The summed E-state index contributed by atoms with van der Waals surface area (Å²) in [5.74, 6) is 0.649. The normalized spacial score (nSPS) is 15.4. The zero-order valence-electron chi connectivity index (χ0n) is 17.7. The highest BCUT2D eigenvalue weighted by Gasteiger charge is 2.33. The largest absolute Gasteiger partial charge is 0.463 e. The lowest BCUT2D eigenvalue weighted by Gasteiger charge is -2.29. The van der Waals surface area contributed by atoms with E-state index in [1.807, 2.05) is 31.3 Å². The molecule has 0 bridgehead atoms. The third kappa shape index (κ3) is 4.67. The number of amides is 1. The van der Waals surface area contributed by atoms with Crippen LogP contribution in [0, 0.1) is 0 Å². The Kier molecular flexibility index (Phi) is 7.15. The van der Waals surface area contributed by atoms with Gasteiger partial charge in [0.25, 0.3) is 11.5 Å². The predicted octanol–water partition coefficient (Wildman–Crippen LogP) is 1.11. The molecule has 9 nitrogen and oxygen atoms in total. The molecule has 0 spiro atoms. The second-order valence-electron chi connectivity index (χ2n) is 7.94. The van der Waals surface area contributed by atoms with Gasteiger partial charge in [-0.1, -0.05) is 26.2 Å². The number of aromatic amines is 1. The smallest absolute Gasteiger partial charge is 0.330 e. The number of unbranched alkanes of at least 4 members (excludes halogenated alkanes) is 1. The monoisotopic (exact) mass is 418 g/mol. The van der Waals surface area contributed by atoms with Crippen LogP contribution in [0.1, 0.15) is 64.2 Å². The molecule has 30 heavy (non-hydrogen) atoms. The van der Waals surface area contributed by atoms with Crippen LogP contribution >= 0.6 is 0 Å². The van der Waals surface area contributed by atoms with Crippen LogP contribution in [0.25, 0.3) is 0 Å². The third-order valence-electron chi connectivity index (χ3n) is 5.79. The fourth-order valence-corrected chi connectivity index (χ4v) is 4.06. The van der Waals surface area contributed by atoms with Crippen molar-refractivity contribution in [2.45, 2.75) is 71.0 Å². The van der Waals surface area contributed by atoms with E-state index in [0.29, 0.717) is 6.54 Å². The van der Waals surface area contributed by atoms with Crippen molar-refractivity contribution >= 4 is 17.4 Å². The number of rotatable bonds is 9. The Balaban J connectivity index is 1.91. The van der Waals surface area contributed by atoms with Crippen LogP contribution < -0.4 is 27.2 Å². The maximum absolute atomic E-state index is 13.3. The van der Waals surface area contributed by atoms with Gasteiger partial charge in [-0.15, -0.1) is 0 Å². The number of hydrogen-bond donors (Lipinski definition) is 3. The molecule has 0 radical (unpaired) electrons. The first kappa shape index (κ1) is 21.9. The van der Waals surface area contributed by atoms with Crippen LogP contribution in [0.4, 0.5) is 11.5 Å². The number of nitrogens with two attached hydrogens (primary N) is 2. The molecule has 0 aromatic carbocycles. The first-order chi connectivity index (χ1) is 14.4. The molecule has 0 unspecified atom stereocenters. The first-order valence-electron chi connectivity index (χ1n) is 10.7. The van der Waals surface area contributed by atoms with Crippen molar-refractivity contribution < 1.29 is 14.5 Å². The average Bonchev–Trinajstić information content (AvgIpc) is 3.43. The van der Waals surface area contributed by atoms with E-state index in [4.69, 9.17) is 10.2 Å². The molecule has 1 fully saturated rings. The van der Waals surface area contributed by atoms with Crippen molar-refractivity contribution in [3.8, 4) is 0 Å². The van der Waals surface area contributed by atoms with Crippen molar-refractivity contribution in [3.63, 3.8) is 0 Å². The van der Waals surface area contributed by atoms with Gasteiger partial charge in [-0.05, 0) is 38.3 Å². The lowest BCUT2D eigenvalue weighted by Crippen LogP contribution is -2.87. The zero-order chi connectivity index (χ0) is 21.7. The summed E-state index contributed by atoms with van der Waals surface area (Å²) in [6.45, 7) is 4.51. The van der Waals surface area contributed by atoms with Gasteiger partial charge in [-0.25, -0.2) is 4.79 Å². The summed E-state index contributed by atoms with van der Waals surface area (Å²) in [5.41, 5.74) is 5.25. The van der Waals surface area contributed by atoms with Crippen LogP contribution in [0.15, 0.2) is 32.4 Å². The van der Waals surface area contributed by atoms with Gasteiger partial charge in [0.2, 0.25) is 0 Å². The van der Waals surface area contributed by atoms with E-state index < -0.39 is 11.2 Å². The van der Waals surface area contributed by atoms with Gasteiger partial charge >= 0.3 is 5.69 Å². The zero-order valence-corrected chi connectivity index (χ0v) is 17.7. The number of quaternary nitrogens is 1. The number of carbonyl (C=O) groups is 1. The number of furan rings is 1. The Labute approximate surface area is 175 Å². The SMILES string of the molecule is CCCCn1c(N)c(N(C(=O)C[NH2+][C@@H](C)c2ccco2)C2CCCC2)c(=O)[nH]c1=O. The molecule has 5 N–H and O–H groups in total. The average molecular weight is 419 g/mol. The van der Waals surface area contributed by atoms with Crippen LogP contribution in [0.5, 0.6) is 0 Å². The minimum Gasteiger partial charge on any atom is -0.463 e. The Morgan fingerprint density at radius 3 is 2.77 bits per heavy atom. The standard InChI is InChI=1S/C21H31N5O4/c1-3-4-11-25-19(22)18(20(28)24-21(25)29)26(15-8-5-6-9-15)17(27)13-23-14(2)16-10-7-12-30-16/h7,10,12,14-15,23H,3-6,8-9,11,13,22H2,1-2H3,(H,24,28,29)/p+1/t14-/m0/s1. The second-order valence-corrected chi connectivity index (χ2v) is 7.94. The van der Waals surface area contributed by atoms with Crippen LogP contribution in [0.3, 0.4) is 0 Å². The van der Waals surface area contributed by atoms with E-state index in [1.54, 1.807) is 6.26 Å². The number of nitrogens with zero attached hydrogens (tertiary/aromatic N) is 2. The molecule has 164 valence electrons. The van der Waals surface area contributed by atoms with Crippen LogP contribution in [-0.2, 0) is 11.3 Å². The third-order valence-corrected chi connectivity index (χ3v) is 5.79. The second kappa shape index (κ2) is 9.80. The molecule has 1 saturated carbocycles. The molecule has 3 rings (SSSR count). The van der Waals surface area contributed by atoms with E-state index >= 15 is 0 Å². The summed E-state index contributed by atoms with van der Waals surface area (Å²) in [4.78, 5) is 42.2. The number of aromatic nitrogens is 2. The van der Waals surface area contributed by atoms with Crippen LogP contribution in [0.2, 0.25) is 0 Å². The van der Waals surface area contributed by atoms with Gasteiger partial charge < -0.3 is 15.5 Å². The summed E-state index contributed by atoms with van der Waals surface area (Å²) in [7, 11) is 0. The van der Waals surface area contributed by atoms with Crippen molar-refractivity contribution in [3.05, 3.63) is 45.0 Å². The molecule has 1 aliphatic rings. The topological polar surface area (TPSA) is 131 Å². The van der Waals surface area contributed by atoms with Crippen molar-refractivity contribution in [1.29, 1.82) is 0 Å². The summed E-state index contributed by atoms with van der Waals surface area (Å²) < 4.78 is 6.77. The minimum atomic E-state index is -0.607. The molecule has 0 saturated heterocycles. The summed E-state index contributed by atoms with van der Waals surface area (Å²) >= 11 is 0. The Bertz CT molecular complexity index is 957. The molecule has 2 heterocycles. The van der Waals surface area contributed by atoms with E-state index in [2.05, 4.69) is 4.98 Å². The number of hydrogen-bond acceptors (Lipinski definition) is 5. The molecule has 1 amide bonds. The minimum absolute atomic E-state index is 0.0384. The number of nitrogens with one attached hydrogen (secondary N) is 1. The van der Waals surface area contributed by atoms with Gasteiger partial charge in [0, 0.05) is 12.6 Å². The van der Waals surface area contributed by atoms with Gasteiger partial charge in [-0.2, -0.15) is 0 Å². The molecule has 9 heteroatoms. The van der Waals surface area contributed by atoms with Gasteiger partial charge in [0.1, 0.15) is 11.9 Å². The van der Waals surface area contributed by atoms with E-state index in [0.717, 1.165) is 44.3 Å². The van der Waals surface area contributed by atoms with E-state index in [-0.39, 0.29) is 36.0 Å². The molecule has 1 atom stereocenters. The Hall–Kier alpha value is -2.81. The van der Waals surface area contributed by atoms with Gasteiger partial charge in [0.05, 0.1) is 6.26 Å². The summed E-state index contributed by atoms with van der Waals surface area (Å²) in [6.07, 6.45) is 6.85. The molecule has 2 aromatic rings. The number of H-pyrrole nitrogens is 1. The Morgan fingerprint density at radius 2 is 2.13 bits per heavy atom.